The summed E-state index contributed by atoms with van der Waals surface area (Å²) >= 11 is 0. The van der Waals surface area contributed by atoms with Gasteiger partial charge in [-0.2, -0.15) is 0 Å². The standard InChI is InChI=1S/C14H22N2O2S/c1-3-8-19(17,18)14-7-5-4-6-13(14)16-9-11(2)12(15)10-16/h4-7,11-12H,3,8-10,15H2,1-2H3. The number of sulfone groups is 1. The van der Waals surface area contributed by atoms with E-state index < -0.39 is 9.84 Å². The van der Waals surface area contributed by atoms with Gasteiger partial charge in [0.1, 0.15) is 0 Å². The fourth-order valence-electron chi connectivity index (χ4n) is 2.55. The molecule has 1 saturated heterocycles. The SMILES string of the molecule is CCCS(=O)(=O)c1ccccc1N1CC(C)C(N)C1. The first-order valence-electron chi connectivity index (χ1n) is 6.78. The van der Waals surface area contributed by atoms with E-state index in [0.717, 1.165) is 18.8 Å². The van der Waals surface area contributed by atoms with Crippen LogP contribution in [0.5, 0.6) is 0 Å². The molecule has 0 amide bonds. The van der Waals surface area contributed by atoms with Gasteiger partial charge in [-0.3, -0.25) is 0 Å². The van der Waals surface area contributed by atoms with Crippen molar-refractivity contribution >= 4 is 15.5 Å². The highest BCUT2D eigenvalue weighted by molar-refractivity contribution is 7.91. The highest BCUT2D eigenvalue weighted by Gasteiger charge is 2.30. The van der Waals surface area contributed by atoms with Crippen LogP contribution in [0.25, 0.3) is 0 Å². The first-order chi connectivity index (χ1) is 8.95. The average Bonchev–Trinajstić information content (AvgIpc) is 2.69. The van der Waals surface area contributed by atoms with Crippen molar-refractivity contribution in [2.24, 2.45) is 11.7 Å². The number of hydrogen-bond acceptors (Lipinski definition) is 4. The van der Waals surface area contributed by atoms with E-state index in [1.54, 1.807) is 12.1 Å². The van der Waals surface area contributed by atoms with E-state index >= 15 is 0 Å². The Morgan fingerprint density at radius 3 is 2.58 bits per heavy atom. The van der Waals surface area contributed by atoms with Gasteiger partial charge >= 0.3 is 0 Å². The molecule has 0 aromatic heterocycles. The number of benzene rings is 1. The fourth-order valence-corrected chi connectivity index (χ4v) is 4.11. The van der Waals surface area contributed by atoms with Gasteiger partial charge in [-0.05, 0) is 24.5 Å². The second kappa shape index (κ2) is 5.51. The Labute approximate surface area is 115 Å². The summed E-state index contributed by atoms with van der Waals surface area (Å²) in [7, 11) is -3.20. The van der Waals surface area contributed by atoms with Crippen molar-refractivity contribution in [2.75, 3.05) is 23.7 Å². The number of hydrogen-bond donors (Lipinski definition) is 1. The molecule has 0 saturated carbocycles. The highest BCUT2D eigenvalue weighted by atomic mass is 32.2. The van der Waals surface area contributed by atoms with Crippen LogP contribution in [0.3, 0.4) is 0 Å². The van der Waals surface area contributed by atoms with E-state index in [9.17, 15) is 8.42 Å². The number of rotatable bonds is 4. The van der Waals surface area contributed by atoms with Gasteiger partial charge in [-0.25, -0.2) is 8.42 Å². The predicted molar refractivity (Wildman–Crippen MR) is 78.1 cm³/mol. The topological polar surface area (TPSA) is 63.4 Å². The highest BCUT2D eigenvalue weighted by Crippen LogP contribution is 2.30. The maximum Gasteiger partial charge on any atom is 0.180 e. The zero-order chi connectivity index (χ0) is 14.0. The average molecular weight is 282 g/mol. The predicted octanol–water partition coefficient (Wildman–Crippen LogP) is 1.65. The maximum atomic E-state index is 12.3. The molecule has 1 aliphatic rings. The zero-order valence-electron chi connectivity index (χ0n) is 11.5. The monoisotopic (exact) mass is 282 g/mol. The Balaban J connectivity index is 2.37. The lowest BCUT2D eigenvalue weighted by atomic mass is 10.1. The van der Waals surface area contributed by atoms with E-state index in [4.69, 9.17) is 5.73 Å². The van der Waals surface area contributed by atoms with Crippen LogP contribution >= 0.6 is 0 Å². The molecule has 1 aromatic rings. The summed E-state index contributed by atoms with van der Waals surface area (Å²) in [5.74, 6) is 0.585. The fraction of sp³-hybridized carbons (Fsp3) is 0.571. The first kappa shape index (κ1) is 14.3. The molecule has 0 radical (unpaired) electrons. The third-order valence-electron chi connectivity index (χ3n) is 3.68. The molecule has 1 fully saturated rings. The molecular formula is C14H22N2O2S. The third kappa shape index (κ3) is 2.92. The largest absolute Gasteiger partial charge is 0.369 e. The molecule has 0 aliphatic carbocycles. The molecule has 1 heterocycles. The van der Waals surface area contributed by atoms with Gasteiger partial charge in [0.15, 0.2) is 9.84 Å². The van der Waals surface area contributed by atoms with Crippen molar-refractivity contribution in [1.82, 2.24) is 0 Å². The van der Waals surface area contributed by atoms with E-state index in [0.29, 0.717) is 17.2 Å². The molecule has 19 heavy (non-hydrogen) atoms. The van der Waals surface area contributed by atoms with Crippen molar-refractivity contribution in [3.05, 3.63) is 24.3 Å². The lowest BCUT2D eigenvalue weighted by Crippen LogP contribution is -2.29. The van der Waals surface area contributed by atoms with Crippen molar-refractivity contribution < 1.29 is 8.42 Å². The molecule has 4 nitrogen and oxygen atoms in total. The molecular weight excluding hydrogens is 260 g/mol. The van der Waals surface area contributed by atoms with Crippen LogP contribution in [0, 0.1) is 5.92 Å². The van der Waals surface area contributed by atoms with Crippen LogP contribution in [0.2, 0.25) is 0 Å². The smallest absolute Gasteiger partial charge is 0.180 e. The van der Waals surface area contributed by atoms with Gasteiger partial charge in [0.2, 0.25) is 0 Å². The number of anilines is 1. The third-order valence-corrected chi connectivity index (χ3v) is 5.65. The minimum atomic E-state index is -3.20. The maximum absolute atomic E-state index is 12.3. The van der Waals surface area contributed by atoms with E-state index in [1.165, 1.54) is 0 Å². The van der Waals surface area contributed by atoms with Crippen molar-refractivity contribution in [3.8, 4) is 0 Å². The summed E-state index contributed by atoms with van der Waals surface area (Å²) in [6, 6.07) is 7.37. The van der Waals surface area contributed by atoms with Crippen molar-refractivity contribution in [1.29, 1.82) is 0 Å². The van der Waals surface area contributed by atoms with Crippen LogP contribution in [-0.4, -0.2) is 33.3 Å². The molecule has 5 heteroatoms. The molecule has 2 rings (SSSR count). The molecule has 2 atom stereocenters. The Bertz CT molecular complexity index is 532. The van der Waals surface area contributed by atoms with Crippen LogP contribution in [0.4, 0.5) is 5.69 Å². The summed E-state index contributed by atoms with van der Waals surface area (Å²) in [5, 5.41) is 0. The van der Waals surface area contributed by atoms with E-state index in [1.807, 2.05) is 19.1 Å². The zero-order valence-corrected chi connectivity index (χ0v) is 12.4. The van der Waals surface area contributed by atoms with Gasteiger partial charge in [0.05, 0.1) is 16.3 Å². The van der Waals surface area contributed by atoms with E-state index in [2.05, 4.69) is 11.8 Å². The quantitative estimate of drug-likeness (QED) is 0.912. The van der Waals surface area contributed by atoms with Crippen LogP contribution in [0.1, 0.15) is 20.3 Å². The van der Waals surface area contributed by atoms with Gasteiger partial charge in [-0.1, -0.05) is 26.0 Å². The van der Waals surface area contributed by atoms with Crippen LogP contribution in [-0.2, 0) is 9.84 Å². The first-order valence-corrected chi connectivity index (χ1v) is 8.43. The molecule has 2 N–H and O–H groups in total. The van der Waals surface area contributed by atoms with E-state index in [-0.39, 0.29) is 11.8 Å². The minimum Gasteiger partial charge on any atom is -0.369 e. The molecule has 106 valence electrons. The van der Waals surface area contributed by atoms with Crippen LogP contribution in [0.15, 0.2) is 29.2 Å². The molecule has 2 unspecified atom stereocenters. The number of nitrogens with two attached hydrogens (primary N) is 1. The lowest BCUT2D eigenvalue weighted by molar-refractivity contribution is 0.566. The molecule has 0 spiro atoms. The van der Waals surface area contributed by atoms with Gasteiger partial charge in [-0.15, -0.1) is 0 Å². The van der Waals surface area contributed by atoms with Crippen LogP contribution < -0.4 is 10.6 Å². The summed E-state index contributed by atoms with van der Waals surface area (Å²) in [6.45, 7) is 5.53. The summed E-state index contributed by atoms with van der Waals surface area (Å²) in [4.78, 5) is 2.54. The Kier molecular flexibility index (Phi) is 4.16. The molecule has 1 aliphatic heterocycles. The molecule has 1 aromatic carbocycles. The van der Waals surface area contributed by atoms with Crippen molar-refractivity contribution in [3.63, 3.8) is 0 Å². The second-order valence-corrected chi connectivity index (χ2v) is 7.41. The van der Waals surface area contributed by atoms with Crippen molar-refractivity contribution in [2.45, 2.75) is 31.2 Å². The lowest BCUT2D eigenvalue weighted by Gasteiger charge is -2.21. The van der Waals surface area contributed by atoms with Gasteiger partial charge < -0.3 is 10.6 Å². The summed E-state index contributed by atoms with van der Waals surface area (Å²) in [5.41, 5.74) is 6.83. The summed E-state index contributed by atoms with van der Waals surface area (Å²) < 4.78 is 24.6. The Morgan fingerprint density at radius 1 is 1.32 bits per heavy atom. The van der Waals surface area contributed by atoms with Gasteiger partial charge in [0.25, 0.3) is 0 Å². The normalized spacial score (nSPS) is 23.8. The number of para-hydroxylation sites is 1. The minimum absolute atomic E-state index is 0.113. The Hall–Kier alpha value is -1.07. The number of nitrogens with zero attached hydrogens (tertiary/aromatic N) is 1. The second-order valence-electron chi connectivity index (χ2n) is 5.33. The Morgan fingerprint density at radius 2 is 2.00 bits per heavy atom. The summed E-state index contributed by atoms with van der Waals surface area (Å²) in [6.07, 6.45) is 0.632. The van der Waals surface area contributed by atoms with Gasteiger partial charge in [0, 0.05) is 19.1 Å². The molecule has 0 bridgehead atoms.